The molecule has 2 unspecified atom stereocenters. The standard InChI is InChI=1S/C12H23N3O2/c1-10-2-3-15(9-11(10)8-13)12(16)14-4-6-17-7-5-14/h10-11H,2-9,13H2,1H3. The van der Waals surface area contributed by atoms with Crippen molar-refractivity contribution >= 4 is 6.03 Å². The molecule has 0 aromatic heterocycles. The van der Waals surface area contributed by atoms with Crippen LogP contribution in [0, 0.1) is 11.8 Å². The monoisotopic (exact) mass is 241 g/mol. The van der Waals surface area contributed by atoms with Crippen LogP contribution in [-0.4, -0.2) is 61.8 Å². The first-order valence-electron chi connectivity index (χ1n) is 6.54. The van der Waals surface area contributed by atoms with Crippen LogP contribution in [-0.2, 0) is 4.74 Å². The SMILES string of the molecule is CC1CCN(C(=O)N2CCOCC2)CC1CN. The predicted molar refractivity (Wildman–Crippen MR) is 65.7 cm³/mol. The highest BCUT2D eigenvalue weighted by molar-refractivity contribution is 5.74. The molecule has 2 aliphatic heterocycles. The molecule has 0 aromatic rings. The molecule has 0 aromatic carbocycles. The van der Waals surface area contributed by atoms with Gasteiger partial charge in [0.05, 0.1) is 13.2 Å². The van der Waals surface area contributed by atoms with E-state index in [1.165, 1.54) is 0 Å². The average Bonchev–Trinajstić information content (AvgIpc) is 2.39. The lowest BCUT2D eigenvalue weighted by atomic mass is 9.87. The molecular weight excluding hydrogens is 218 g/mol. The number of piperidine rings is 1. The van der Waals surface area contributed by atoms with Crippen LogP contribution in [0.2, 0.25) is 0 Å². The average molecular weight is 241 g/mol. The van der Waals surface area contributed by atoms with E-state index >= 15 is 0 Å². The Kier molecular flexibility index (Phi) is 4.23. The summed E-state index contributed by atoms with van der Waals surface area (Å²) in [5, 5.41) is 0. The maximum Gasteiger partial charge on any atom is 0.320 e. The van der Waals surface area contributed by atoms with Gasteiger partial charge < -0.3 is 20.3 Å². The Morgan fingerprint density at radius 3 is 2.65 bits per heavy atom. The maximum atomic E-state index is 12.3. The second-order valence-electron chi connectivity index (χ2n) is 5.09. The number of nitrogens with zero attached hydrogens (tertiary/aromatic N) is 2. The minimum absolute atomic E-state index is 0.165. The molecule has 2 amide bonds. The van der Waals surface area contributed by atoms with Crippen LogP contribution in [0.1, 0.15) is 13.3 Å². The summed E-state index contributed by atoms with van der Waals surface area (Å²) in [5.41, 5.74) is 5.76. The highest BCUT2D eigenvalue weighted by atomic mass is 16.5. The van der Waals surface area contributed by atoms with E-state index in [2.05, 4.69) is 6.92 Å². The molecule has 2 aliphatic rings. The summed E-state index contributed by atoms with van der Waals surface area (Å²) in [5.74, 6) is 1.09. The molecule has 2 fully saturated rings. The van der Waals surface area contributed by atoms with Crippen molar-refractivity contribution in [2.45, 2.75) is 13.3 Å². The molecule has 2 rings (SSSR count). The largest absolute Gasteiger partial charge is 0.378 e. The van der Waals surface area contributed by atoms with Crippen LogP contribution in [0.25, 0.3) is 0 Å². The number of carbonyl (C=O) groups is 1. The lowest BCUT2D eigenvalue weighted by Gasteiger charge is -2.40. The third-order valence-corrected chi connectivity index (χ3v) is 3.97. The van der Waals surface area contributed by atoms with Crippen molar-refractivity contribution in [1.29, 1.82) is 0 Å². The summed E-state index contributed by atoms with van der Waals surface area (Å²) in [7, 11) is 0. The van der Waals surface area contributed by atoms with Crippen molar-refractivity contribution in [3.8, 4) is 0 Å². The minimum atomic E-state index is 0.165. The van der Waals surface area contributed by atoms with Crippen molar-refractivity contribution in [1.82, 2.24) is 9.80 Å². The van der Waals surface area contributed by atoms with E-state index in [0.717, 1.165) is 32.6 Å². The number of morpholine rings is 1. The van der Waals surface area contributed by atoms with E-state index in [1.807, 2.05) is 9.80 Å². The molecule has 2 N–H and O–H groups in total. The summed E-state index contributed by atoms with van der Waals surface area (Å²) < 4.78 is 5.26. The van der Waals surface area contributed by atoms with Gasteiger partial charge in [-0.15, -0.1) is 0 Å². The minimum Gasteiger partial charge on any atom is -0.378 e. The van der Waals surface area contributed by atoms with Gasteiger partial charge >= 0.3 is 6.03 Å². The Labute approximate surface area is 103 Å². The van der Waals surface area contributed by atoms with Crippen molar-refractivity contribution in [3.05, 3.63) is 0 Å². The third-order valence-electron chi connectivity index (χ3n) is 3.97. The first-order chi connectivity index (χ1) is 8.22. The van der Waals surface area contributed by atoms with Gasteiger partial charge in [-0.25, -0.2) is 4.79 Å². The van der Waals surface area contributed by atoms with Gasteiger partial charge in [-0.05, 0) is 24.8 Å². The van der Waals surface area contributed by atoms with Gasteiger partial charge in [0.1, 0.15) is 0 Å². The van der Waals surface area contributed by atoms with Crippen LogP contribution in [0.3, 0.4) is 0 Å². The molecule has 98 valence electrons. The smallest absolute Gasteiger partial charge is 0.320 e. The molecule has 2 atom stereocenters. The molecule has 5 heteroatoms. The van der Waals surface area contributed by atoms with Gasteiger partial charge in [-0.1, -0.05) is 6.92 Å². The summed E-state index contributed by atoms with van der Waals surface area (Å²) in [6.45, 7) is 7.35. The summed E-state index contributed by atoms with van der Waals surface area (Å²) in [4.78, 5) is 16.1. The van der Waals surface area contributed by atoms with E-state index in [4.69, 9.17) is 10.5 Å². The van der Waals surface area contributed by atoms with E-state index in [-0.39, 0.29) is 6.03 Å². The lowest BCUT2D eigenvalue weighted by Crippen LogP contribution is -2.53. The number of hydrogen-bond donors (Lipinski definition) is 1. The van der Waals surface area contributed by atoms with Crippen molar-refractivity contribution in [2.75, 3.05) is 45.9 Å². The Morgan fingerprint density at radius 2 is 2.00 bits per heavy atom. The molecular formula is C12H23N3O2. The molecule has 0 aliphatic carbocycles. The molecule has 2 heterocycles. The van der Waals surface area contributed by atoms with Crippen molar-refractivity contribution in [2.24, 2.45) is 17.6 Å². The molecule has 0 saturated carbocycles. The molecule has 0 spiro atoms. The summed E-state index contributed by atoms with van der Waals surface area (Å²) in [6, 6.07) is 0.165. The number of nitrogens with two attached hydrogens (primary N) is 1. The van der Waals surface area contributed by atoms with Gasteiger partial charge in [0.2, 0.25) is 0 Å². The molecule has 5 nitrogen and oxygen atoms in total. The zero-order chi connectivity index (χ0) is 12.3. The quantitative estimate of drug-likeness (QED) is 0.721. The van der Waals surface area contributed by atoms with Crippen LogP contribution < -0.4 is 5.73 Å². The van der Waals surface area contributed by atoms with E-state index in [9.17, 15) is 4.79 Å². The topological polar surface area (TPSA) is 58.8 Å². The highest BCUT2D eigenvalue weighted by Gasteiger charge is 2.30. The second-order valence-corrected chi connectivity index (χ2v) is 5.09. The van der Waals surface area contributed by atoms with E-state index in [0.29, 0.717) is 31.6 Å². The number of urea groups is 1. The fraction of sp³-hybridized carbons (Fsp3) is 0.917. The number of ether oxygens (including phenoxy) is 1. The zero-order valence-corrected chi connectivity index (χ0v) is 10.6. The Hall–Kier alpha value is -0.810. The van der Waals surface area contributed by atoms with Crippen LogP contribution >= 0.6 is 0 Å². The third kappa shape index (κ3) is 2.90. The predicted octanol–water partition coefficient (Wildman–Crippen LogP) is 0.355. The Balaban J connectivity index is 1.90. The summed E-state index contributed by atoms with van der Waals surface area (Å²) in [6.07, 6.45) is 1.07. The summed E-state index contributed by atoms with van der Waals surface area (Å²) >= 11 is 0. The first kappa shape index (κ1) is 12.6. The fourth-order valence-corrected chi connectivity index (χ4v) is 2.58. The molecule has 17 heavy (non-hydrogen) atoms. The van der Waals surface area contributed by atoms with E-state index < -0.39 is 0 Å². The van der Waals surface area contributed by atoms with Gasteiger partial charge in [0, 0.05) is 26.2 Å². The highest BCUT2D eigenvalue weighted by Crippen LogP contribution is 2.23. The van der Waals surface area contributed by atoms with Gasteiger partial charge in [-0.2, -0.15) is 0 Å². The first-order valence-corrected chi connectivity index (χ1v) is 6.54. The van der Waals surface area contributed by atoms with Crippen LogP contribution in [0.4, 0.5) is 4.79 Å². The fourth-order valence-electron chi connectivity index (χ4n) is 2.58. The Bertz CT molecular complexity index is 266. The number of rotatable bonds is 1. The number of hydrogen-bond acceptors (Lipinski definition) is 3. The molecule has 2 saturated heterocycles. The number of likely N-dealkylation sites (tertiary alicyclic amines) is 1. The zero-order valence-electron chi connectivity index (χ0n) is 10.6. The lowest BCUT2D eigenvalue weighted by molar-refractivity contribution is 0.0364. The normalized spacial score (nSPS) is 30.5. The Morgan fingerprint density at radius 1 is 1.29 bits per heavy atom. The van der Waals surface area contributed by atoms with Gasteiger partial charge in [-0.3, -0.25) is 0 Å². The molecule has 0 radical (unpaired) electrons. The molecule has 0 bridgehead atoms. The number of amides is 2. The van der Waals surface area contributed by atoms with Crippen LogP contribution in [0.5, 0.6) is 0 Å². The second kappa shape index (κ2) is 5.69. The van der Waals surface area contributed by atoms with Gasteiger partial charge in [0.15, 0.2) is 0 Å². The van der Waals surface area contributed by atoms with Crippen molar-refractivity contribution < 1.29 is 9.53 Å². The van der Waals surface area contributed by atoms with E-state index in [1.54, 1.807) is 0 Å². The van der Waals surface area contributed by atoms with Crippen LogP contribution in [0.15, 0.2) is 0 Å². The van der Waals surface area contributed by atoms with Gasteiger partial charge in [0.25, 0.3) is 0 Å². The maximum absolute atomic E-state index is 12.3. The number of carbonyl (C=O) groups excluding carboxylic acids is 1. The van der Waals surface area contributed by atoms with Crippen molar-refractivity contribution in [3.63, 3.8) is 0 Å².